The Bertz CT molecular complexity index is 571. The number of carbonyl (C=O) groups is 1. The molecule has 0 aliphatic carbocycles. The fraction of sp³-hybridized carbons (Fsp3) is 0.688. The molecule has 0 aliphatic heterocycles. The zero-order chi connectivity index (χ0) is 18.9. The van der Waals surface area contributed by atoms with Gasteiger partial charge in [-0.05, 0) is 27.7 Å². The van der Waals surface area contributed by atoms with Gasteiger partial charge in [-0.25, -0.2) is 14.8 Å². The standard InChI is InChI=1S/C16H30N6O2S.HI/c1-7-17-13(18-8-9-19-15(23)24-16(2,3)4)20-10-12-11-25-14(21-12)22(5)6;/h11H,7-10H2,1-6H3,(H,19,23)(H2,17,18,20);1H. The number of rotatable bonds is 7. The van der Waals surface area contributed by atoms with Crippen molar-refractivity contribution >= 4 is 52.5 Å². The largest absolute Gasteiger partial charge is 0.444 e. The maximum Gasteiger partial charge on any atom is 0.407 e. The maximum absolute atomic E-state index is 11.6. The quantitative estimate of drug-likeness (QED) is 0.232. The number of amides is 1. The van der Waals surface area contributed by atoms with Gasteiger partial charge in [0.05, 0.1) is 12.2 Å². The Balaban J connectivity index is 0.00000625. The fourth-order valence-electron chi connectivity index (χ4n) is 1.74. The summed E-state index contributed by atoms with van der Waals surface area (Å²) in [6.45, 7) is 9.75. The van der Waals surface area contributed by atoms with E-state index >= 15 is 0 Å². The average molecular weight is 498 g/mol. The molecule has 3 N–H and O–H groups in total. The molecule has 8 nitrogen and oxygen atoms in total. The van der Waals surface area contributed by atoms with Gasteiger partial charge in [-0.3, -0.25) is 0 Å². The molecule has 0 atom stereocenters. The van der Waals surface area contributed by atoms with E-state index in [4.69, 9.17) is 4.74 Å². The van der Waals surface area contributed by atoms with Crippen LogP contribution in [-0.4, -0.2) is 56.4 Å². The SMILES string of the molecule is CCNC(=NCc1csc(N(C)C)n1)NCCNC(=O)OC(C)(C)C.I. The van der Waals surface area contributed by atoms with Crippen LogP contribution in [0.3, 0.4) is 0 Å². The van der Waals surface area contributed by atoms with Gasteiger partial charge in [0.1, 0.15) is 5.60 Å². The summed E-state index contributed by atoms with van der Waals surface area (Å²) in [6.07, 6.45) is -0.421. The first-order chi connectivity index (χ1) is 11.7. The van der Waals surface area contributed by atoms with Crippen molar-refractivity contribution < 1.29 is 9.53 Å². The predicted octanol–water partition coefficient (Wildman–Crippen LogP) is 2.41. The van der Waals surface area contributed by atoms with Gasteiger partial charge in [0, 0.05) is 39.1 Å². The molecule has 0 saturated heterocycles. The lowest BCUT2D eigenvalue weighted by atomic mass is 10.2. The molecule has 26 heavy (non-hydrogen) atoms. The molecule has 0 bridgehead atoms. The van der Waals surface area contributed by atoms with Gasteiger partial charge < -0.3 is 25.6 Å². The number of alkyl carbamates (subject to hydrolysis) is 1. The number of hydrogen-bond acceptors (Lipinski definition) is 6. The van der Waals surface area contributed by atoms with Crippen molar-refractivity contribution in [3.63, 3.8) is 0 Å². The summed E-state index contributed by atoms with van der Waals surface area (Å²) in [7, 11) is 3.93. The van der Waals surface area contributed by atoms with Crippen LogP contribution in [0.5, 0.6) is 0 Å². The highest BCUT2D eigenvalue weighted by molar-refractivity contribution is 14.0. The van der Waals surface area contributed by atoms with Gasteiger partial charge in [-0.15, -0.1) is 35.3 Å². The summed E-state index contributed by atoms with van der Waals surface area (Å²) in [5, 5.41) is 12.0. The highest BCUT2D eigenvalue weighted by atomic mass is 127. The Kier molecular flexibility index (Phi) is 11.5. The number of anilines is 1. The first kappa shape index (κ1) is 24.7. The molecule has 1 heterocycles. The highest BCUT2D eigenvalue weighted by Crippen LogP contribution is 2.18. The van der Waals surface area contributed by atoms with E-state index in [1.54, 1.807) is 11.3 Å². The van der Waals surface area contributed by atoms with Crippen LogP contribution in [0.4, 0.5) is 9.93 Å². The molecule has 0 saturated carbocycles. The van der Waals surface area contributed by atoms with Crippen molar-refractivity contribution in [1.82, 2.24) is 20.9 Å². The number of aromatic nitrogens is 1. The van der Waals surface area contributed by atoms with E-state index in [9.17, 15) is 4.79 Å². The first-order valence-corrected chi connectivity index (χ1v) is 9.20. The Hall–Kier alpha value is -1.30. The van der Waals surface area contributed by atoms with Gasteiger partial charge in [0.15, 0.2) is 11.1 Å². The van der Waals surface area contributed by atoms with Crippen molar-refractivity contribution in [3.05, 3.63) is 11.1 Å². The minimum atomic E-state index is -0.493. The topological polar surface area (TPSA) is 90.9 Å². The molecular weight excluding hydrogens is 467 g/mol. The summed E-state index contributed by atoms with van der Waals surface area (Å²) in [4.78, 5) is 22.6. The normalized spacial score (nSPS) is 11.4. The van der Waals surface area contributed by atoms with E-state index in [0.717, 1.165) is 17.4 Å². The molecule has 0 fully saturated rings. The number of aliphatic imine (C=N–C) groups is 1. The van der Waals surface area contributed by atoms with Crippen molar-refractivity contribution in [1.29, 1.82) is 0 Å². The molecule has 0 radical (unpaired) electrons. The van der Waals surface area contributed by atoms with E-state index in [1.807, 2.05) is 52.1 Å². The van der Waals surface area contributed by atoms with Crippen molar-refractivity contribution in [2.75, 3.05) is 38.6 Å². The second-order valence-corrected chi connectivity index (χ2v) is 7.40. The summed E-state index contributed by atoms with van der Waals surface area (Å²) >= 11 is 1.60. The minimum Gasteiger partial charge on any atom is -0.444 e. The molecule has 1 aromatic heterocycles. The van der Waals surface area contributed by atoms with Gasteiger partial charge in [0.25, 0.3) is 0 Å². The lowest BCUT2D eigenvalue weighted by Gasteiger charge is -2.19. The summed E-state index contributed by atoms with van der Waals surface area (Å²) in [6, 6.07) is 0. The molecule has 0 unspecified atom stereocenters. The smallest absolute Gasteiger partial charge is 0.407 e. The maximum atomic E-state index is 11.6. The Morgan fingerprint density at radius 2 is 1.92 bits per heavy atom. The van der Waals surface area contributed by atoms with Crippen LogP contribution < -0.4 is 20.9 Å². The Morgan fingerprint density at radius 1 is 1.27 bits per heavy atom. The number of thiazole rings is 1. The van der Waals surface area contributed by atoms with Crippen LogP contribution in [0.15, 0.2) is 10.4 Å². The van der Waals surface area contributed by atoms with Crippen molar-refractivity contribution in [3.8, 4) is 0 Å². The third-order valence-corrected chi connectivity index (χ3v) is 3.81. The number of nitrogens with one attached hydrogen (secondary N) is 3. The summed E-state index contributed by atoms with van der Waals surface area (Å²) in [5.74, 6) is 0.688. The van der Waals surface area contributed by atoms with Crippen molar-refractivity contribution in [2.45, 2.75) is 39.8 Å². The van der Waals surface area contributed by atoms with Crippen LogP contribution in [-0.2, 0) is 11.3 Å². The lowest BCUT2D eigenvalue weighted by Crippen LogP contribution is -2.42. The monoisotopic (exact) mass is 498 g/mol. The van der Waals surface area contributed by atoms with Crippen LogP contribution in [0.1, 0.15) is 33.4 Å². The van der Waals surface area contributed by atoms with Crippen LogP contribution >= 0.6 is 35.3 Å². The third-order valence-electron chi connectivity index (χ3n) is 2.75. The number of carbonyl (C=O) groups excluding carboxylic acids is 1. The Labute approximate surface area is 177 Å². The second kappa shape index (κ2) is 12.2. The van der Waals surface area contributed by atoms with E-state index in [0.29, 0.717) is 25.6 Å². The minimum absolute atomic E-state index is 0. The van der Waals surface area contributed by atoms with Gasteiger partial charge in [-0.2, -0.15) is 0 Å². The number of halogens is 1. The Morgan fingerprint density at radius 3 is 2.46 bits per heavy atom. The van der Waals surface area contributed by atoms with Gasteiger partial charge >= 0.3 is 6.09 Å². The highest BCUT2D eigenvalue weighted by Gasteiger charge is 2.15. The van der Waals surface area contributed by atoms with E-state index < -0.39 is 11.7 Å². The van der Waals surface area contributed by atoms with Gasteiger partial charge in [-0.1, -0.05) is 0 Å². The zero-order valence-electron chi connectivity index (χ0n) is 16.4. The number of hydrogen-bond donors (Lipinski definition) is 3. The molecule has 1 rings (SSSR count). The average Bonchev–Trinajstić information content (AvgIpc) is 2.96. The first-order valence-electron chi connectivity index (χ1n) is 8.32. The predicted molar refractivity (Wildman–Crippen MR) is 119 cm³/mol. The molecular formula is C16H31IN6O2S. The number of guanidine groups is 1. The van der Waals surface area contributed by atoms with Crippen LogP contribution in [0.2, 0.25) is 0 Å². The molecule has 1 aromatic rings. The zero-order valence-corrected chi connectivity index (χ0v) is 19.5. The van der Waals surface area contributed by atoms with Crippen LogP contribution in [0, 0.1) is 0 Å². The van der Waals surface area contributed by atoms with Crippen LogP contribution in [0.25, 0.3) is 0 Å². The lowest BCUT2D eigenvalue weighted by molar-refractivity contribution is 0.0529. The molecule has 1 amide bonds. The molecule has 10 heteroatoms. The van der Waals surface area contributed by atoms with E-state index in [2.05, 4.69) is 25.9 Å². The van der Waals surface area contributed by atoms with Crippen molar-refractivity contribution in [2.24, 2.45) is 4.99 Å². The number of ether oxygens (including phenoxy) is 1. The molecule has 150 valence electrons. The second-order valence-electron chi connectivity index (χ2n) is 6.57. The third kappa shape index (κ3) is 10.6. The number of nitrogens with zero attached hydrogens (tertiary/aromatic N) is 3. The molecule has 0 aromatic carbocycles. The summed E-state index contributed by atoms with van der Waals surface area (Å²) < 4.78 is 5.18. The van der Waals surface area contributed by atoms with Gasteiger partial charge in [0.2, 0.25) is 0 Å². The molecule has 0 aliphatic rings. The molecule has 0 spiro atoms. The van der Waals surface area contributed by atoms with E-state index in [-0.39, 0.29) is 24.0 Å². The summed E-state index contributed by atoms with van der Waals surface area (Å²) in [5.41, 5.74) is 0.435. The van der Waals surface area contributed by atoms with E-state index in [1.165, 1.54) is 0 Å². The fourth-order valence-corrected chi connectivity index (χ4v) is 2.49.